The molecule has 1 saturated heterocycles. The van der Waals surface area contributed by atoms with E-state index >= 15 is 0 Å². The van der Waals surface area contributed by atoms with Crippen LogP contribution in [0, 0.1) is 0 Å². The molecule has 0 spiro atoms. The van der Waals surface area contributed by atoms with Crippen LogP contribution >= 0.6 is 23.1 Å². The highest BCUT2D eigenvalue weighted by Gasteiger charge is 2.38. The van der Waals surface area contributed by atoms with Gasteiger partial charge in [-0.15, -0.1) is 0 Å². The van der Waals surface area contributed by atoms with Gasteiger partial charge in [-0.1, -0.05) is 80.6 Å². The van der Waals surface area contributed by atoms with Crippen LogP contribution in [0.3, 0.4) is 0 Å². The van der Waals surface area contributed by atoms with Gasteiger partial charge >= 0.3 is 0 Å². The van der Waals surface area contributed by atoms with Gasteiger partial charge in [0.25, 0.3) is 0 Å². The summed E-state index contributed by atoms with van der Waals surface area (Å²) in [5.74, 6) is 0. The second-order valence-electron chi connectivity index (χ2n) is 9.55. The summed E-state index contributed by atoms with van der Waals surface area (Å²) in [5.41, 5.74) is 0. The molecule has 180 valence electrons. The van der Waals surface area contributed by atoms with Crippen LogP contribution in [0.25, 0.3) is 0 Å². The maximum absolute atomic E-state index is 13.0. The van der Waals surface area contributed by atoms with Crippen LogP contribution in [-0.4, -0.2) is 79.8 Å². The van der Waals surface area contributed by atoms with Crippen molar-refractivity contribution in [3.05, 3.63) is 0 Å². The zero-order chi connectivity index (χ0) is 22.3. The molecule has 0 aromatic carbocycles. The van der Waals surface area contributed by atoms with E-state index in [4.69, 9.17) is 9.47 Å². The Morgan fingerprint density at radius 3 is 2.27 bits per heavy atom. The maximum Gasteiger partial charge on any atom is 0.147 e. The Hall–Kier alpha value is 0.550. The van der Waals surface area contributed by atoms with Gasteiger partial charge in [-0.2, -0.15) is 0 Å². The normalized spacial score (nSPS) is 30.2. The number of hydrogen-bond acceptors (Lipinski definition) is 4. The smallest absolute Gasteiger partial charge is 0.147 e. The van der Waals surface area contributed by atoms with Crippen LogP contribution in [0.5, 0.6) is 0 Å². The molecule has 0 radical (unpaired) electrons. The highest BCUT2D eigenvalue weighted by Crippen LogP contribution is 2.53. The first-order valence-corrected chi connectivity index (χ1v) is 15.5. The molecule has 5 nitrogen and oxygen atoms in total. The zero-order valence-corrected chi connectivity index (χ0v) is 22.3. The van der Waals surface area contributed by atoms with Crippen LogP contribution in [0.4, 0.5) is 0 Å². The largest absolute Gasteiger partial charge is 0.391 e. The summed E-state index contributed by atoms with van der Waals surface area (Å²) in [5, 5.41) is 9.45. The fourth-order valence-electron chi connectivity index (χ4n) is 4.30. The Kier molecular flexibility index (Phi) is 15.4. The van der Waals surface area contributed by atoms with Gasteiger partial charge in [0.1, 0.15) is 33.1 Å². The van der Waals surface area contributed by atoms with Gasteiger partial charge in [0.15, 0.2) is 0 Å². The summed E-state index contributed by atoms with van der Waals surface area (Å²) in [6.45, 7) is 7.69. The van der Waals surface area contributed by atoms with Crippen LogP contribution in [0.15, 0.2) is 0 Å². The molecule has 0 bridgehead atoms. The minimum Gasteiger partial charge on any atom is -0.391 e. The summed E-state index contributed by atoms with van der Waals surface area (Å²) in [7, 11) is -0.148. The summed E-state index contributed by atoms with van der Waals surface area (Å²) in [4.78, 5) is 0. The Morgan fingerprint density at radius 1 is 1.07 bits per heavy atom. The molecule has 0 aliphatic carbocycles. The van der Waals surface area contributed by atoms with Gasteiger partial charge < -0.3 is 23.6 Å². The molecule has 0 aromatic rings. The predicted octanol–water partition coefficient (Wildman–Crippen LogP) is 5.82. The zero-order valence-electron chi connectivity index (χ0n) is 19.8. The molecule has 0 aromatic heterocycles. The Labute approximate surface area is 194 Å². The molecule has 1 N–H and O–H groups in total. The number of rotatable bonds is 16. The molecule has 1 fully saturated rings. The standard InChI is InChI=1S/C23H48BrNO4P/c1-4-5-6-7-8-9-10-11-12-13-18-28-21-29-22-19-25(2,16-17-26)15-14-23(24)30(3,27)20-22/h22-23,26H,4-21H2,1-3H3/q+1. The first kappa shape index (κ1) is 28.6. The molecular formula is C23H48BrNO4P+. The van der Waals surface area contributed by atoms with Crippen molar-refractivity contribution in [3.63, 3.8) is 0 Å². The monoisotopic (exact) mass is 512 g/mol. The third-order valence-electron chi connectivity index (χ3n) is 6.38. The minimum atomic E-state index is -2.30. The molecular weight excluding hydrogens is 465 g/mol. The molecule has 1 heterocycles. The van der Waals surface area contributed by atoms with E-state index in [-0.39, 0.29) is 24.1 Å². The number of hydrogen-bond donors (Lipinski definition) is 1. The van der Waals surface area contributed by atoms with Crippen molar-refractivity contribution >= 4 is 23.1 Å². The van der Waals surface area contributed by atoms with Gasteiger partial charge in [-0.3, -0.25) is 0 Å². The topological polar surface area (TPSA) is 55.8 Å². The number of quaternary nitrogens is 1. The molecule has 0 amide bonds. The van der Waals surface area contributed by atoms with E-state index in [2.05, 4.69) is 29.9 Å². The number of nitrogens with zero attached hydrogens (tertiary/aromatic N) is 1. The number of ether oxygens (including phenoxy) is 2. The van der Waals surface area contributed by atoms with E-state index in [0.717, 1.165) is 37.0 Å². The molecule has 4 unspecified atom stereocenters. The first-order chi connectivity index (χ1) is 14.3. The summed E-state index contributed by atoms with van der Waals surface area (Å²) < 4.78 is 25.6. The fourth-order valence-corrected chi connectivity index (χ4v) is 6.92. The van der Waals surface area contributed by atoms with Crippen molar-refractivity contribution in [1.82, 2.24) is 0 Å². The summed E-state index contributed by atoms with van der Waals surface area (Å²) >= 11 is 3.65. The molecule has 30 heavy (non-hydrogen) atoms. The lowest BCUT2D eigenvalue weighted by Crippen LogP contribution is -2.54. The van der Waals surface area contributed by atoms with Gasteiger partial charge in [-0.25, -0.2) is 0 Å². The van der Waals surface area contributed by atoms with Gasteiger partial charge in [0.2, 0.25) is 0 Å². The SMILES string of the molecule is CCCCCCCCCCCCOCOC1C[N+](C)(CCO)CCC(Br)P(C)(=O)C1. The van der Waals surface area contributed by atoms with Crippen molar-refractivity contribution in [2.24, 2.45) is 0 Å². The lowest BCUT2D eigenvalue weighted by Gasteiger charge is -2.40. The summed E-state index contributed by atoms with van der Waals surface area (Å²) in [6.07, 6.45) is 14.5. The van der Waals surface area contributed by atoms with Gasteiger partial charge in [0.05, 0.1) is 24.8 Å². The molecule has 4 atom stereocenters. The van der Waals surface area contributed by atoms with Gasteiger partial charge in [-0.05, 0) is 13.1 Å². The average Bonchev–Trinajstić information content (AvgIpc) is 2.68. The van der Waals surface area contributed by atoms with E-state index in [9.17, 15) is 9.67 Å². The molecule has 1 aliphatic heterocycles. The molecule has 1 aliphatic rings. The number of halogens is 1. The van der Waals surface area contributed by atoms with E-state index in [1.165, 1.54) is 57.8 Å². The average molecular weight is 514 g/mol. The van der Waals surface area contributed by atoms with E-state index in [1.54, 1.807) is 0 Å². The van der Waals surface area contributed by atoms with E-state index < -0.39 is 7.14 Å². The first-order valence-electron chi connectivity index (χ1n) is 12.2. The Morgan fingerprint density at radius 2 is 1.67 bits per heavy atom. The van der Waals surface area contributed by atoms with Crippen LogP contribution in [-0.2, 0) is 14.0 Å². The lowest BCUT2D eigenvalue weighted by atomic mass is 10.1. The van der Waals surface area contributed by atoms with Crippen molar-refractivity contribution in [3.8, 4) is 0 Å². The van der Waals surface area contributed by atoms with Crippen molar-refractivity contribution in [1.29, 1.82) is 0 Å². The van der Waals surface area contributed by atoms with Crippen molar-refractivity contribution in [2.75, 3.05) is 59.5 Å². The van der Waals surface area contributed by atoms with Crippen molar-refractivity contribution in [2.45, 2.75) is 88.2 Å². The highest BCUT2D eigenvalue weighted by molar-refractivity contribution is 9.10. The maximum atomic E-state index is 13.0. The number of alkyl halides is 1. The molecule has 0 saturated carbocycles. The lowest BCUT2D eigenvalue weighted by molar-refractivity contribution is -0.912. The second kappa shape index (κ2) is 16.2. The van der Waals surface area contributed by atoms with Crippen LogP contribution in [0.2, 0.25) is 0 Å². The third kappa shape index (κ3) is 12.6. The number of unbranched alkanes of at least 4 members (excludes halogenated alkanes) is 9. The minimum absolute atomic E-state index is 0.0279. The second-order valence-corrected chi connectivity index (χ2v) is 14.7. The quantitative estimate of drug-likeness (QED) is 0.0929. The van der Waals surface area contributed by atoms with E-state index in [1.807, 2.05) is 6.66 Å². The van der Waals surface area contributed by atoms with Crippen LogP contribution < -0.4 is 0 Å². The molecule has 1 rings (SSSR count). The van der Waals surface area contributed by atoms with Gasteiger partial charge in [0, 0.05) is 19.2 Å². The molecule has 7 heteroatoms. The Bertz CT molecular complexity index is 482. The fraction of sp³-hybridized carbons (Fsp3) is 1.00. The number of aliphatic hydroxyl groups excluding tert-OH is 1. The Balaban J connectivity index is 2.19. The van der Waals surface area contributed by atoms with Crippen molar-refractivity contribution < 1.29 is 23.6 Å². The van der Waals surface area contributed by atoms with E-state index in [0.29, 0.717) is 12.7 Å². The summed E-state index contributed by atoms with van der Waals surface area (Å²) in [6, 6.07) is 0. The van der Waals surface area contributed by atoms with Crippen LogP contribution in [0.1, 0.15) is 77.6 Å². The number of aliphatic hydroxyl groups is 1. The highest BCUT2D eigenvalue weighted by atomic mass is 79.9. The third-order valence-corrected chi connectivity index (χ3v) is 12.0. The number of likely N-dealkylation sites (N-methyl/N-ethyl adjacent to an activating group) is 1. The predicted molar refractivity (Wildman–Crippen MR) is 131 cm³/mol.